The summed E-state index contributed by atoms with van der Waals surface area (Å²) in [7, 11) is 1.58. The van der Waals surface area contributed by atoms with E-state index in [2.05, 4.69) is 57.5 Å². The molecular formula is C34H55N3O6. The Hall–Kier alpha value is -2.97. The Kier molecular flexibility index (Phi) is 13.5. The van der Waals surface area contributed by atoms with Crippen molar-refractivity contribution in [2.45, 2.75) is 105 Å². The zero-order chi connectivity index (χ0) is 31.5. The lowest BCUT2D eigenvalue weighted by Gasteiger charge is -2.37. The summed E-state index contributed by atoms with van der Waals surface area (Å²) in [4.78, 5) is 38.7. The van der Waals surface area contributed by atoms with Gasteiger partial charge >= 0.3 is 12.2 Å². The van der Waals surface area contributed by atoms with Gasteiger partial charge in [-0.25, -0.2) is 9.59 Å². The Bertz CT molecular complexity index is 1030. The lowest BCUT2D eigenvalue weighted by molar-refractivity contribution is 0.00264. The molecule has 0 radical (unpaired) electrons. The molecule has 3 N–H and O–H groups in total. The first-order valence-corrected chi connectivity index (χ1v) is 16.3. The number of carbonyl (C=O) groups is 3. The van der Waals surface area contributed by atoms with E-state index in [0.29, 0.717) is 59.8 Å². The van der Waals surface area contributed by atoms with Crippen LogP contribution in [0.25, 0.3) is 0 Å². The van der Waals surface area contributed by atoms with E-state index in [4.69, 9.17) is 14.2 Å². The van der Waals surface area contributed by atoms with Crippen LogP contribution >= 0.6 is 0 Å². The highest BCUT2D eigenvalue weighted by Crippen LogP contribution is 2.36. The molecule has 0 spiro atoms. The summed E-state index contributed by atoms with van der Waals surface area (Å²) in [6, 6.07) is 6.41. The maximum atomic E-state index is 13.1. The molecule has 0 heterocycles. The smallest absolute Gasteiger partial charge is 0.407 e. The molecule has 0 saturated heterocycles. The predicted molar refractivity (Wildman–Crippen MR) is 168 cm³/mol. The lowest BCUT2D eigenvalue weighted by Crippen LogP contribution is -2.48. The fourth-order valence-electron chi connectivity index (χ4n) is 6.65. The minimum Gasteiger partial charge on any atom is -0.497 e. The first-order chi connectivity index (χ1) is 20.5. The molecule has 3 rings (SSSR count). The van der Waals surface area contributed by atoms with Gasteiger partial charge in [-0.2, -0.15) is 0 Å². The summed E-state index contributed by atoms with van der Waals surface area (Å²) in [5, 5.41) is 8.74. The second kappa shape index (κ2) is 16.8. The second-order valence-corrected chi connectivity index (χ2v) is 13.5. The first-order valence-electron chi connectivity index (χ1n) is 16.3. The number of hydrogen-bond acceptors (Lipinski definition) is 6. The monoisotopic (exact) mass is 601 g/mol. The molecule has 9 nitrogen and oxygen atoms in total. The number of hydrogen-bond donors (Lipinski definition) is 3. The predicted octanol–water partition coefficient (Wildman–Crippen LogP) is 6.56. The van der Waals surface area contributed by atoms with Gasteiger partial charge in [0.05, 0.1) is 13.2 Å². The van der Waals surface area contributed by atoms with E-state index in [0.717, 1.165) is 38.5 Å². The molecule has 242 valence electrons. The number of rotatable bonds is 12. The summed E-state index contributed by atoms with van der Waals surface area (Å²) in [6.45, 7) is 13.6. The summed E-state index contributed by atoms with van der Waals surface area (Å²) in [5.74, 6) is 2.98. The molecule has 2 saturated carbocycles. The van der Waals surface area contributed by atoms with Crippen LogP contribution < -0.4 is 20.7 Å². The van der Waals surface area contributed by atoms with Gasteiger partial charge in [-0.15, -0.1) is 0 Å². The normalized spacial score (nSPS) is 26.3. The quantitative estimate of drug-likeness (QED) is 0.250. The molecule has 2 fully saturated rings. The summed E-state index contributed by atoms with van der Waals surface area (Å²) in [5.41, 5.74) is 0.513. The number of amides is 3. The number of ether oxygens (including phenoxy) is 3. The van der Waals surface area contributed by atoms with Crippen molar-refractivity contribution in [2.75, 3.05) is 20.2 Å². The molecule has 0 unspecified atom stereocenters. The van der Waals surface area contributed by atoms with Gasteiger partial charge < -0.3 is 30.2 Å². The summed E-state index contributed by atoms with van der Waals surface area (Å²) < 4.78 is 17.0. The SMILES string of the molecule is COc1ccc(C(=O)NCC[C@@H](CNC(=O)O[C@@H]2C[C@H](C)CC[C@H]2C(C)C)NC(=O)O[C@@H]2C[C@H](C)CC[C@H]2C(C)C)cc1. The third-order valence-electron chi connectivity index (χ3n) is 9.38. The Labute approximate surface area is 258 Å². The van der Waals surface area contributed by atoms with Crippen molar-refractivity contribution in [1.82, 2.24) is 16.0 Å². The number of alkyl carbamates (subject to hydrolysis) is 2. The molecule has 0 bridgehead atoms. The Morgan fingerprint density at radius 1 is 0.791 bits per heavy atom. The van der Waals surface area contributed by atoms with Crippen LogP contribution in [0.2, 0.25) is 0 Å². The van der Waals surface area contributed by atoms with E-state index < -0.39 is 18.2 Å². The molecule has 3 amide bonds. The van der Waals surface area contributed by atoms with Crippen LogP contribution in [0.5, 0.6) is 5.75 Å². The van der Waals surface area contributed by atoms with Gasteiger partial charge in [-0.3, -0.25) is 4.79 Å². The van der Waals surface area contributed by atoms with Crippen molar-refractivity contribution >= 4 is 18.1 Å². The van der Waals surface area contributed by atoms with Crippen LogP contribution in [0.1, 0.15) is 96.8 Å². The highest BCUT2D eigenvalue weighted by molar-refractivity contribution is 5.94. The van der Waals surface area contributed by atoms with Crippen molar-refractivity contribution < 1.29 is 28.6 Å². The van der Waals surface area contributed by atoms with Crippen molar-refractivity contribution in [1.29, 1.82) is 0 Å². The van der Waals surface area contributed by atoms with Gasteiger partial charge in [0.1, 0.15) is 18.0 Å². The van der Waals surface area contributed by atoms with Crippen molar-refractivity contribution in [3.8, 4) is 5.75 Å². The van der Waals surface area contributed by atoms with Gasteiger partial charge in [0.2, 0.25) is 0 Å². The van der Waals surface area contributed by atoms with Crippen LogP contribution in [-0.4, -0.2) is 56.5 Å². The largest absolute Gasteiger partial charge is 0.497 e. The van der Waals surface area contributed by atoms with Crippen molar-refractivity contribution in [3.63, 3.8) is 0 Å². The third kappa shape index (κ3) is 10.9. The topological polar surface area (TPSA) is 115 Å². The molecule has 43 heavy (non-hydrogen) atoms. The van der Waals surface area contributed by atoms with E-state index in [9.17, 15) is 14.4 Å². The molecule has 1 aromatic carbocycles. The highest BCUT2D eigenvalue weighted by Gasteiger charge is 2.35. The molecule has 7 atom stereocenters. The number of nitrogens with one attached hydrogen (secondary N) is 3. The van der Waals surface area contributed by atoms with E-state index in [1.165, 1.54) is 0 Å². The molecule has 9 heteroatoms. The van der Waals surface area contributed by atoms with E-state index >= 15 is 0 Å². The van der Waals surface area contributed by atoms with Gasteiger partial charge in [0, 0.05) is 18.7 Å². The third-order valence-corrected chi connectivity index (χ3v) is 9.38. The van der Waals surface area contributed by atoms with Crippen LogP contribution in [0, 0.1) is 35.5 Å². The second-order valence-electron chi connectivity index (χ2n) is 13.5. The zero-order valence-electron chi connectivity index (χ0n) is 27.3. The molecule has 1 aromatic rings. The minimum absolute atomic E-state index is 0.120. The van der Waals surface area contributed by atoms with E-state index in [-0.39, 0.29) is 24.7 Å². The van der Waals surface area contributed by atoms with Crippen LogP contribution in [0.4, 0.5) is 9.59 Å². The Morgan fingerprint density at radius 3 is 1.84 bits per heavy atom. The Balaban J connectivity index is 1.59. The lowest BCUT2D eigenvalue weighted by atomic mass is 9.75. The zero-order valence-corrected chi connectivity index (χ0v) is 27.3. The van der Waals surface area contributed by atoms with Crippen molar-refractivity contribution in [2.24, 2.45) is 35.5 Å². The maximum Gasteiger partial charge on any atom is 0.407 e. The average molecular weight is 602 g/mol. The summed E-state index contributed by atoms with van der Waals surface area (Å²) in [6.07, 6.45) is 5.27. The molecule has 0 aliphatic heterocycles. The van der Waals surface area contributed by atoms with Gasteiger partial charge in [-0.05, 0) is 91.9 Å². The van der Waals surface area contributed by atoms with E-state index in [1.54, 1.807) is 31.4 Å². The van der Waals surface area contributed by atoms with E-state index in [1.807, 2.05) is 0 Å². The molecule has 2 aliphatic rings. The van der Waals surface area contributed by atoms with Crippen LogP contribution in [-0.2, 0) is 9.47 Å². The number of benzene rings is 1. The molecule has 2 aliphatic carbocycles. The van der Waals surface area contributed by atoms with Gasteiger partial charge in [-0.1, -0.05) is 54.4 Å². The Morgan fingerprint density at radius 2 is 1.33 bits per heavy atom. The number of methoxy groups -OCH3 is 1. The fourth-order valence-corrected chi connectivity index (χ4v) is 6.65. The number of carbonyl (C=O) groups excluding carboxylic acids is 3. The molecular weight excluding hydrogens is 546 g/mol. The van der Waals surface area contributed by atoms with Gasteiger partial charge in [0.25, 0.3) is 5.91 Å². The first kappa shape index (κ1) is 34.5. The molecule has 0 aromatic heterocycles. The minimum atomic E-state index is -0.493. The maximum absolute atomic E-state index is 13.1. The van der Waals surface area contributed by atoms with Gasteiger partial charge in [0.15, 0.2) is 0 Å². The van der Waals surface area contributed by atoms with Crippen molar-refractivity contribution in [3.05, 3.63) is 29.8 Å². The highest BCUT2D eigenvalue weighted by atomic mass is 16.6. The average Bonchev–Trinajstić information content (AvgIpc) is 2.95. The van der Waals surface area contributed by atoms with Crippen LogP contribution in [0.3, 0.4) is 0 Å². The standard InChI is InChI=1S/C34H55N3O6/c1-21(2)28-14-8-23(5)18-30(28)42-33(39)36-20-26(16-17-35-32(38)25-10-12-27(41-7)13-11-25)37-34(40)43-31-19-24(6)9-15-29(31)22(3)4/h10-13,21-24,26,28-31H,8-9,14-20H2,1-7H3,(H,35,38)(H,36,39)(H,37,40)/t23-,24-,26+,28+,29+,30-,31-/m1/s1. The van der Waals surface area contributed by atoms with Crippen LogP contribution in [0.15, 0.2) is 24.3 Å². The summed E-state index contributed by atoms with van der Waals surface area (Å²) >= 11 is 0. The fraction of sp³-hybridized carbons (Fsp3) is 0.735.